The quantitative estimate of drug-likeness (QED) is 0.480. The summed E-state index contributed by atoms with van der Waals surface area (Å²) < 4.78 is 0. The SMILES string of the molecule is O=[N+]([O-])c1cc(Cl)nc(N2Cc3ccccc3C2)c1. The van der Waals surface area contributed by atoms with Gasteiger partial charge in [0, 0.05) is 13.1 Å². The van der Waals surface area contributed by atoms with E-state index in [2.05, 4.69) is 4.98 Å². The van der Waals surface area contributed by atoms with Crippen molar-refractivity contribution in [3.8, 4) is 0 Å². The molecule has 0 atom stereocenters. The first-order chi connectivity index (χ1) is 9.13. The summed E-state index contributed by atoms with van der Waals surface area (Å²) in [4.78, 5) is 16.5. The summed E-state index contributed by atoms with van der Waals surface area (Å²) in [5, 5.41) is 11.0. The van der Waals surface area contributed by atoms with Gasteiger partial charge in [0.2, 0.25) is 0 Å². The number of anilines is 1. The second kappa shape index (κ2) is 4.51. The Kier molecular flexibility index (Phi) is 2.83. The molecule has 0 aliphatic carbocycles. The molecule has 96 valence electrons. The Bertz CT molecular complexity index is 635. The van der Waals surface area contributed by atoms with Gasteiger partial charge in [0.25, 0.3) is 5.69 Å². The summed E-state index contributed by atoms with van der Waals surface area (Å²) >= 11 is 5.84. The lowest BCUT2D eigenvalue weighted by Gasteiger charge is -2.16. The van der Waals surface area contributed by atoms with E-state index in [1.807, 2.05) is 29.2 Å². The topological polar surface area (TPSA) is 59.3 Å². The van der Waals surface area contributed by atoms with Gasteiger partial charge in [-0.1, -0.05) is 35.9 Å². The molecule has 3 rings (SSSR count). The largest absolute Gasteiger partial charge is 0.348 e. The molecule has 0 bridgehead atoms. The average molecular weight is 276 g/mol. The van der Waals surface area contributed by atoms with Crippen LogP contribution in [0.5, 0.6) is 0 Å². The molecule has 0 saturated heterocycles. The van der Waals surface area contributed by atoms with E-state index < -0.39 is 4.92 Å². The fourth-order valence-corrected chi connectivity index (χ4v) is 2.43. The first-order valence-electron chi connectivity index (χ1n) is 5.77. The van der Waals surface area contributed by atoms with Crippen LogP contribution in [0, 0.1) is 10.1 Å². The molecule has 0 amide bonds. The molecule has 2 heterocycles. The lowest BCUT2D eigenvalue weighted by molar-refractivity contribution is -0.384. The molecule has 19 heavy (non-hydrogen) atoms. The molecule has 0 unspecified atom stereocenters. The maximum atomic E-state index is 10.8. The first kappa shape index (κ1) is 11.9. The van der Waals surface area contributed by atoms with Gasteiger partial charge in [-0.25, -0.2) is 4.98 Å². The fourth-order valence-electron chi connectivity index (χ4n) is 2.23. The third kappa shape index (κ3) is 2.24. The van der Waals surface area contributed by atoms with Gasteiger partial charge in [0.1, 0.15) is 11.0 Å². The van der Waals surface area contributed by atoms with Gasteiger partial charge in [-0.3, -0.25) is 10.1 Å². The molecule has 1 aliphatic heterocycles. The summed E-state index contributed by atoms with van der Waals surface area (Å²) in [6, 6.07) is 10.8. The highest BCUT2D eigenvalue weighted by Crippen LogP contribution is 2.30. The van der Waals surface area contributed by atoms with E-state index in [1.165, 1.54) is 23.3 Å². The highest BCUT2D eigenvalue weighted by Gasteiger charge is 2.22. The summed E-state index contributed by atoms with van der Waals surface area (Å²) in [5.41, 5.74) is 2.39. The molecule has 5 nitrogen and oxygen atoms in total. The van der Waals surface area contributed by atoms with Gasteiger partial charge in [0.05, 0.1) is 17.1 Å². The van der Waals surface area contributed by atoms with Crippen LogP contribution in [0.4, 0.5) is 11.5 Å². The number of pyridine rings is 1. The lowest BCUT2D eigenvalue weighted by Crippen LogP contribution is -2.16. The Labute approximate surface area is 114 Å². The Balaban J connectivity index is 1.95. The second-order valence-electron chi connectivity index (χ2n) is 4.39. The fraction of sp³-hybridized carbons (Fsp3) is 0.154. The number of nitro groups is 1. The minimum atomic E-state index is -0.458. The van der Waals surface area contributed by atoms with Crippen LogP contribution in [-0.4, -0.2) is 9.91 Å². The van der Waals surface area contributed by atoms with Crippen LogP contribution < -0.4 is 4.90 Å². The standard InChI is InChI=1S/C13H10ClN3O2/c14-12-5-11(17(18)19)6-13(15-12)16-7-9-3-1-2-4-10(9)8-16/h1-6H,7-8H2. The third-order valence-electron chi connectivity index (χ3n) is 3.14. The zero-order valence-electron chi connectivity index (χ0n) is 9.91. The number of nitrogens with zero attached hydrogens (tertiary/aromatic N) is 3. The van der Waals surface area contributed by atoms with Gasteiger partial charge in [-0.15, -0.1) is 0 Å². The number of hydrogen-bond acceptors (Lipinski definition) is 4. The van der Waals surface area contributed by atoms with Gasteiger partial charge in [-0.05, 0) is 11.1 Å². The van der Waals surface area contributed by atoms with Gasteiger partial charge >= 0.3 is 0 Å². The van der Waals surface area contributed by atoms with E-state index in [1.54, 1.807) is 0 Å². The molecule has 1 aromatic heterocycles. The molecule has 0 N–H and O–H groups in total. The zero-order chi connectivity index (χ0) is 13.4. The summed E-state index contributed by atoms with van der Waals surface area (Å²) in [5.74, 6) is 0.537. The van der Waals surface area contributed by atoms with Crippen molar-refractivity contribution in [1.82, 2.24) is 4.98 Å². The molecule has 1 aromatic carbocycles. The summed E-state index contributed by atoms with van der Waals surface area (Å²) in [7, 11) is 0. The van der Waals surface area contributed by atoms with E-state index in [9.17, 15) is 10.1 Å². The predicted octanol–water partition coefficient (Wildman–Crippen LogP) is 3.16. The normalized spacial score (nSPS) is 13.4. The van der Waals surface area contributed by atoms with Gasteiger partial charge < -0.3 is 4.90 Å². The maximum absolute atomic E-state index is 10.8. The molecule has 6 heteroatoms. The Morgan fingerprint density at radius 2 is 1.84 bits per heavy atom. The Morgan fingerprint density at radius 1 is 1.21 bits per heavy atom. The van der Waals surface area contributed by atoms with Crippen molar-refractivity contribution in [2.75, 3.05) is 4.90 Å². The third-order valence-corrected chi connectivity index (χ3v) is 3.33. The highest BCUT2D eigenvalue weighted by molar-refractivity contribution is 6.29. The zero-order valence-corrected chi connectivity index (χ0v) is 10.7. The lowest BCUT2D eigenvalue weighted by atomic mass is 10.1. The minimum absolute atomic E-state index is 0.0362. The van der Waals surface area contributed by atoms with E-state index in [0.29, 0.717) is 18.9 Å². The van der Waals surface area contributed by atoms with E-state index in [-0.39, 0.29) is 10.8 Å². The summed E-state index contributed by atoms with van der Waals surface area (Å²) in [6.07, 6.45) is 0. The van der Waals surface area contributed by atoms with Crippen molar-refractivity contribution < 1.29 is 4.92 Å². The monoisotopic (exact) mass is 275 g/mol. The van der Waals surface area contributed by atoms with Crippen LogP contribution in [0.1, 0.15) is 11.1 Å². The molecular weight excluding hydrogens is 266 g/mol. The number of benzene rings is 1. The van der Waals surface area contributed by atoms with Crippen LogP contribution in [0.15, 0.2) is 36.4 Å². The maximum Gasteiger partial charge on any atom is 0.276 e. The predicted molar refractivity (Wildman–Crippen MR) is 72.2 cm³/mol. The van der Waals surface area contributed by atoms with Crippen molar-refractivity contribution in [2.45, 2.75) is 13.1 Å². The van der Waals surface area contributed by atoms with E-state index in [0.717, 1.165) is 0 Å². The van der Waals surface area contributed by atoms with Crippen molar-refractivity contribution in [3.05, 3.63) is 62.8 Å². The van der Waals surface area contributed by atoms with E-state index >= 15 is 0 Å². The number of hydrogen-bond donors (Lipinski definition) is 0. The highest BCUT2D eigenvalue weighted by atomic mass is 35.5. The van der Waals surface area contributed by atoms with Crippen molar-refractivity contribution in [3.63, 3.8) is 0 Å². The van der Waals surface area contributed by atoms with Gasteiger partial charge in [-0.2, -0.15) is 0 Å². The first-order valence-corrected chi connectivity index (χ1v) is 6.15. The van der Waals surface area contributed by atoms with Crippen LogP contribution in [-0.2, 0) is 13.1 Å². The van der Waals surface area contributed by atoms with Crippen molar-refractivity contribution in [2.24, 2.45) is 0 Å². The van der Waals surface area contributed by atoms with E-state index in [4.69, 9.17) is 11.6 Å². The summed E-state index contributed by atoms with van der Waals surface area (Å²) in [6.45, 7) is 1.39. The van der Waals surface area contributed by atoms with Crippen LogP contribution in [0.25, 0.3) is 0 Å². The second-order valence-corrected chi connectivity index (χ2v) is 4.78. The van der Waals surface area contributed by atoms with Crippen LogP contribution in [0.3, 0.4) is 0 Å². The number of rotatable bonds is 2. The Hall–Kier alpha value is -2.14. The van der Waals surface area contributed by atoms with Crippen LogP contribution in [0.2, 0.25) is 5.15 Å². The number of aromatic nitrogens is 1. The molecule has 0 spiro atoms. The molecular formula is C13H10ClN3O2. The molecule has 0 radical (unpaired) electrons. The molecule has 0 saturated carbocycles. The van der Waals surface area contributed by atoms with Crippen molar-refractivity contribution >= 4 is 23.1 Å². The number of halogens is 1. The minimum Gasteiger partial charge on any atom is -0.348 e. The van der Waals surface area contributed by atoms with Crippen molar-refractivity contribution in [1.29, 1.82) is 0 Å². The average Bonchev–Trinajstić information content (AvgIpc) is 2.81. The molecule has 0 fully saturated rings. The number of fused-ring (bicyclic) bond motifs is 1. The smallest absolute Gasteiger partial charge is 0.276 e. The Morgan fingerprint density at radius 3 is 2.42 bits per heavy atom. The molecule has 2 aromatic rings. The van der Waals surface area contributed by atoms with Gasteiger partial charge in [0.15, 0.2) is 0 Å². The molecule has 1 aliphatic rings. The van der Waals surface area contributed by atoms with Crippen LogP contribution >= 0.6 is 11.6 Å².